The number of hydrogen-bond donors (Lipinski definition) is 3. The summed E-state index contributed by atoms with van der Waals surface area (Å²) in [4.78, 5) is 25.0. The molecule has 0 saturated carbocycles. The molecule has 0 fully saturated rings. The summed E-state index contributed by atoms with van der Waals surface area (Å²) in [6.45, 7) is 6.28. The van der Waals surface area contributed by atoms with E-state index in [9.17, 15) is 14.7 Å². The van der Waals surface area contributed by atoms with Crippen LogP contribution in [0.3, 0.4) is 0 Å². The highest BCUT2D eigenvalue weighted by Gasteiger charge is 2.21. The molecule has 33 heavy (non-hydrogen) atoms. The molecule has 0 bridgehead atoms. The molecule has 4 N–H and O–H groups in total. The minimum Gasteiger partial charge on any atom is -0.506 e. The zero-order valence-corrected chi connectivity index (χ0v) is 20.7. The van der Waals surface area contributed by atoms with Crippen LogP contribution in [0.1, 0.15) is 107 Å². The van der Waals surface area contributed by atoms with Crippen molar-refractivity contribution in [2.45, 2.75) is 97.8 Å². The molecule has 5 heteroatoms. The number of fused-ring (bicyclic) bond motifs is 1. The Hall–Kier alpha value is -2.56. The molecule has 0 aromatic heterocycles. The Morgan fingerprint density at radius 3 is 2.12 bits per heavy atom. The molecular weight excluding hydrogens is 412 g/mol. The lowest BCUT2D eigenvalue weighted by Crippen LogP contribution is -2.23. The lowest BCUT2D eigenvalue weighted by Gasteiger charge is -2.19. The number of rotatable bonds is 15. The first-order chi connectivity index (χ1) is 15.9. The maximum Gasteiger partial charge on any atom is 0.252 e. The molecule has 2 amide bonds. The molecule has 2 rings (SSSR count). The summed E-state index contributed by atoms with van der Waals surface area (Å²) in [5, 5.41) is 15.0. The average molecular weight is 455 g/mol. The van der Waals surface area contributed by atoms with Gasteiger partial charge in [0.15, 0.2) is 0 Å². The Kier molecular flexibility index (Phi) is 11.2. The molecule has 0 radical (unpaired) electrons. The Bertz CT molecular complexity index is 923. The van der Waals surface area contributed by atoms with E-state index in [4.69, 9.17) is 5.73 Å². The van der Waals surface area contributed by atoms with Crippen LogP contribution in [0.2, 0.25) is 0 Å². The topological polar surface area (TPSA) is 92.4 Å². The largest absolute Gasteiger partial charge is 0.506 e. The third-order valence-corrected chi connectivity index (χ3v) is 6.54. The molecule has 0 aliphatic heterocycles. The molecule has 182 valence electrons. The van der Waals surface area contributed by atoms with Gasteiger partial charge in [-0.3, -0.25) is 9.59 Å². The number of hydrogen-bond acceptors (Lipinski definition) is 3. The van der Waals surface area contributed by atoms with Crippen LogP contribution in [-0.4, -0.2) is 16.9 Å². The fourth-order valence-corrected chi connectivity index (χ4v) is 4.60. The van der Waals surface area contributed by atoms with Gasteiger partial charge in [-0.25, -0.2) is 0 Å². The van der Waals surface area contributed by atoms with E-state index in [1.807, 2.05) is 13.0 Å². The molecule has 0 heterocycles. The predicted molar refractivity (Wildman–Crippen MR) is 138 cm³/mol. The van der Waals surface area contributed by atoms with Crippen LogP contribution in [0.5, 0.6) is 5.75 Å². The monoisotopic (exact) mass is 454 g/mol. The predicted octanol–water partition coefficient (Wildman–Crippen LogP) is 7.23. The molecule has 0 saturated heterocycles. The average Bonchev–Trinajstić information content (AvgIpc) is 2.79. The van der Waals surface area contributed by atoms with Crippen molar-refractivity contribution in [3.05, 3.63) is 35.4 Å². The first-order valence-electron chi connectivity index (χ1n) is 12.8. The van der Waals surface area contributed by atoms with Crippen LogP contribution >= 0.6 is 0 Å². The fourth-order valence-electron chi connectivity index (χ4n) is 4.60. The van der Waals surface area contributed by atoms with Crippen LogP contribution < -0.4 is 11.1 Å². The number of nitrogens with two attached hydrogens (primary N) is 1. The van der Waals surface area contributed by atoms with Crippen LogP contribution in [0.25, 0.3) is 10.8 Å². The molecule has 5 nitrogen and oxygen atoms in total. The standard InChI is InChI=1S/C28H42N2O3/c1-4-6-8-10-11-13-16-21(15-12-9-7-5-2)28(33)30-24-18-14-17-22-25(24)20(3)19-23(26(22)31)27(29)32/h14,17-19,21,31H,4-13,15-16H2,1-3H3,(H2,29,32)(H,30,33). The van der Waals surface area contributed by atoms with Crippen LogP contribution in [0.15, 0.2) is 24.3 Å². The van der Waals surface area contributed by atoms with E-state index < -0.39 is 5.91 Å². The summed E-state index contributed by atoms with van der Waals surface area (Å²) < 4.78 is 0. The minimum atomic E-state index is -0.669. The fraction of sp³-hybridized carbons (Fsp3) is 0.571. The van der Waals surface area contributed by atoms with E-state index in [2.05, 4.69) is 19.2 Å². The lowest BCUT2D eigenvalue weighted by molar-refractivity contribution is -0.120. The van der Waals surface area contributed by atoms with Crippen molar-refractivity contribution in [1.29, 1.82) is 0 Å². The normalized spacial score (nSPS) is 12.1. The summed E-state index contributed by atoms with van der Waals surface area (Å²) >= 11 is 0. The number of amides is 2. The number of carbonyl (C=O) groups is 2. The summed E-state index contributed by atoms with van der Waals surface area (Å²) in [6, 6.07) is 6.98. The molecule has 2 aromatic rings. The van der Waals surface area contributed by atoms with Crippen molar-refractivity contribution in [2.75, 3.05) is 5.32 Å². The first-order valence-corrected chi connectivity index (χ1v) is 12.8. The Balaban J connectivity index is 2.17. The van der Waals surface area contributed by atoms with E-state index in [0.717, 1.165) is 43.1 Å². The van der Waals surface area contributed by atoms with Gasteiger partial charge in [-0.05, 0) is 37.5 Å². The van der Waals surface area contributed by atoms with E-state index in [1.165, 1.54) is 44.9 Å². The van der Waals surface area contributed by atoms with Gasteiger partial charge in [0.2, 0.25) is 5.91 Å². The second-order valence-corrected chi connectivity index (χ2v) is 9.27. The highest BCUT2D eigenvalue weighted by atomic mass is 16.3. The molecular formula is C28H42N2O3. The first kappa shape index (κ1) is 26.7. The van der Waals surface area contributed by atoms with E-state index in [1.54, 1.807) is 18.2 Å². The van der Waals surface area contributed by atoms with Crippen LogP contribution in [0, 0.1) is 12.8 Å². The second kappa shape index (κ2) is 13.9. The van der Waals surface area contributed by atoms with Gasteiger partial charge < -0.3 is 16.2 Å². The maximum absolute atomic E-state index is 13.3. The summed E-state index contributed by atoms with van der Waals surface area (Å²) in [5.74, 6) is -0.770. The molecule has 0 aliphatic carbocycles. The Morgan fingerprint density at radius 1 is 0.939 bits per heavy atom. The zero-order valence-electron chi connectivity index (χ0n) is 20.7. The quantitative estimate of drug-likeness (QED) is 0.248. The van der Waals surface area contributed by atoms with Gasteiger partial charge in [0.1, 0.15) is 5.75 Å². The van der Waals surface area contributed by atoms with Gasteiger partial charge in [-0.2, -0.15) is 0 Å². The molecule has 1 unspecified atom stereocenters. The van der Waals surface area contributed by atoms with Crippen molar-refractivity contribution in [1.82, 2.24) is 0 Å². The Morgan fingerprint density at radius 2 is 1.52 bits per heavy atom. The third-order valence-electron chi connectivity index (χ3n) is 6.54. The van der Waals surface area contributed by atoms with Crippen molar-refractivity contribution in [2.24, 2.45) is 11.7 Å². The SMILES string of the molecule is CCCCCCCCC(CCCCCC)C(=O)Nc1cccc2c(O)c(C(N)=O)cc(C)c12. The van der Waals surface area contributed by atoms with Gasteiger partial charge in [-0.1, -0.05) is 90.2 Å². The van der Waals surface area contributed by atoms with Gasteiger partial charge in [-0.15, -0.1) is 0 Å². The summed E-state index contributed by atoms with van der Waals surface area (Å²) in [7, 11) is 0. The summed E-state index contributed by atoms with van der Waals surface area (Å²) in [5.41, 5.74) is 6.98. The number of nitrogens with one attached hydrogen (secondary N) is 1. The number of benzene rings is 2. The maximum atomic E-state index is 13.3. The number of aryl methyl sites for hydroxylation is 1. The summed E-state index contributed by atoms with van der Waals surface area (Å²) in [6.07, 6.45) is 13.7. The van der Waals surface area contributed by atoms with Crippen LogP contribution in [-0.2, 0) is 4.79 Å². The molecule has 0 spiro atoms. The highest BCUT2D eigenvalue weighted by Crippen LogP contribution is 2.36. The zero-order chi connectivity index (χ0) is 24.2. The van der Waals surface area contributed by atoms with E-state index in [0.29, 0.717) is 11.1 Å². The van der Waals surface area contributed by atoms with Crippen molar-refractivity contribution < 1.29 is 14.7 Å². The Labute approximate surface area is 199 Å². The number of aromatic hydroxyl groups is 1. The van der Waals surface area contributed by atoms with Gasteiger partial charge in [0, 0.05) is 22.4 Å². The van der Waals surface area contributed by atoms with Crippen molar-refractivity contribution in [3.8, 4) is 5.75 Å². The number of phenols is 1. The smallest absolute Gasteiger partial charge is 0.252 e. The molecule has 1 atom stereocenters. The second-order valence-electron chi connectivity index (χ2n) is 9.27. The highest BCUT2D eigenvalue weighted by molar-refractivity contribution is 6.10. The number of anilines is 1. The van der Waals surface area contributed by atoms with Crippen molar-refractivity contribution in [3.63, 3.8) is 0 Å². The lowest BCUT2D eigenvalue weighted by atomic mass is 9.93. The minimum absolute atomic E-state index is 0.0120. The van der Waals surface area contributed by atoms with Crippen LogP contribution in [0.4, 0.5) is 5.69 Å². The van der Waals surface area contributed by atoms with Gasteiger partial charge in [0.05, 0.1) is 5.56 Å². The molecule has 0 aliphatic rings. The van der Waals surface area contributed by atoms with Gasteiger partial charge in [0.25, 0.3) is 5.91 Å². The van der Waals surface area contributed by atoms with Crippen molar-refractivity contribution >= 4 is 28.3 Å². The molecule has 2 aromatic carbocycles. The van der Waals surface area contributed by atoms with E-state index >= 15 is 0 Å². The number of primary amides is 1. The van der Waals surface area contributed by atoms with Gasteiger partial charge >= 0.3 is 0 Å². The third kappa shape index (κ3) is 7.76. The number of carbonyl (C=O) groups excluding carboxylic acids is 2. The van der Waals surface area contributed by atoms with E-state index in [-0.39, 0.29) is 23.1 Å². The number of unbranched alkanes of at least 4 members (excludes halogenated alkanes) is 8.